The maximum atomic E-state index is 13.1. The van der Waals surface area contributed by atoms with Crippen molar-refractivity contribution in [2.24, 2.45) is 4.99 Å². The van der Waals surface area contributed by atoms with Crippen molar-refractivity contribution >= 4 is 27.0 Å². The van der Waals surface area contributed by atoms with E-state index in [1.807, 2.05) is 54.6 Å². The highest BCUT2D eigenvalue weighted by molar-refractivity contribution is 7.89. The van der Waals surface area contributed by atoms with E-state index in [0.717, 1.165) is 52.3 Å². The molecule has 0 aliphatic carbocycles. The van der Waals surface area contributed by atoms with Gasteiger partial charge >= 0.3 is 0 Å². The number of benzene rings is 3. The minimum Gasteiger partial charge on any atom is -0.497 e. The van der Waals surface area contributed by atoms with Crippen molar-refractivity contribution in [1.82, 2.24) is 8.87 Å². The summed E-state index contributed by atoms with van der Waals surface area (Å²) in [5, 5.41) is 2.08. The third kappa shape index (κ3) is 5.31. The standard InChI is InChI=1S/C28H29N3O3S2/c1-34-25-14-12-24(13-15-25)29-28-31(20-22-8-4-2-5-9-22)27(21-35-28)23-10-16-26(17-11-23)36(32,33)30-18-6-3-7-19-30/h2,4-5,8-17,21H,3,6-7,18-20H2,1H3. The van der Waals surface area contributed by atoms with E-state index in [2.05, 4.69) is 22.1 Å². The van der Waals surface area contributed by atoms with Crippen LogP contribution in [-0.2, 0) is 16.6 Å². The van der Waals surface area contributed by atoms with Gasteiger partial charge in [-0.1, -0.05) is 48.9 Å². The Bertz CT molecular complexity index is 1470. The molecule has 1 fully saturated rings. The van der Waals surface area contributed by atoms with Gasteiger partial charge in [0.2, 0.25) is 10.0 Å². The summed E-state index contributed by atoms with van der Waals surface area (Å²) < 4.78 is 35.2. The number of methoxy groups -OCH3 is 1. The molecule has 6 nitrogen and oxygen atoms in total. The van der Waals surface area contributed by atoms with E-state index in [9.17, 15) is 8.42 Å². The smallest absolute Gasteiger partial charge is 0.243 e. The van der Waals surface area contributed by atoms with E-state index < -0.39 is 10.0 Å². The molecule has 5 rings (SSSR count). The second kappa shape index (κ2) is 10.8. The Morgan fingerprint density at radius 1 is 0.889 bits per heavy atom. The predicted octanol–water partition coefficient (Wildman–Crippen LogP) is 5.68. The monoisotopic (exact) mass is 519 g/mol. The van der Waals surface area contributed by atoms with Gasteiger partial charge in [0.05, 0.1) is 29.9 Å². The number of hydrogen-bond donors (Lipinski definition) is 0. The number of nitrogens with zero attached hydrogens (tertiary/aromatic N) is 3. The van der Waals surface area contributed by atoms with Gasteiger partial charge in [0.15, 0.2) is 4.80 Å². The first kappa shape index (κ1) is 24.5. The van der Waals surface area contributed by atoms with Gasteiger partial charge in [0, 0.05) is 18.5 Å². The summed E-state index contributed by atoms with van der Waals surface area (Å²) in [4.78, 5) is 6.11. The molecule has 4 aromatic rings. The Morgan fingerprint density at radius 2 is 1.58 bits per heavy atom. The summed E-state index contributed by atoms with van der Waals surface area (Å²) in [6, 6.07) is 25.2. The molecule has 1 saturated heterocycles. The fourth-order valence-corrected chi connectivity index (χ4v) is 6.83. The minimum absolute atomic E-state index is 0.348. The largest absolute Gasteiger partial charge is 0.497 e. The van der Waals surface area contributed by atoms with E-state index >= 15 is 0 Å². The van der Waals surface area contributed by atoms with Crippen LogP contribution in [0.1, 0.15) is 24.8 Å². The van der Waals surface area contributed by atoms with Crippen molar-refractivity contribution in [3.63, 3.8) is 0 Å². The third-order valence-electron chi connectivity index (χ3n) is 6.38. The fraction of sp³-hybridized carbons (Fsp3) is 0.250. The number of thiazole rings is 1. The number of sulfonamides is 1. The van der Waals surface area contributed by atoms with E-state index in [1.54, 1.807) is 34.9 Å². The fourth-order valence-electron chi connectivity index (χ4n) is 4.39. The Labute approximate surface area is 216 Å². The van der Waals surface area contributed by atoms with Crippen LogP contribution in [0.3, 0.4) is 0 Å². The lowest BCUT2D eigenvalue weighted by Crippen LogP contribution is -2.35. The van der Waals surface area contributed by atoms with Gasteiger partial charge in [-0.2, -0.15) is 4.31 Å². The van der Waals surface area contributed by atoms with E-state index in [1.165, 1.54) is 0 Å². The van der Waals surface area contributed by atoms with Crippen LogP contribution in [0.25, 0.3) is 11.3 Å². The number of rotatable bonds is 7. The zero-order valence-electron chi connectivity index (χ0n) is 20.2. The van der Waals surface area contributed by atoms with Crippen molar-refractivity contribution < 1.29 is 13.2 Å². The van der Waals surface area contributed by atoms with Crippen molar-refractivity contribution in [1.29, 1.82) is 0 Å². The zero-order chi connectivity index (χ0) is 25.0. The molecule has 0 amide bonds. The van der Waals surface area contributed by atoms with Crippen LogP contribution in [0.2, 0.25) is 0 Å². The molecule has 186 valence electrons. The second-order valence-electron chi connectivity index (χ2n) is 8.77. The highest BCUT2D eigenvalue weighted by Gasteiger charge is 2.25. The highest BCUT2D eigenvalue weighted by atomic mass is 32.2. The molecule has 8 heteroatoms. The van der Waals surface area contributed by atoms with Crippen LogP contribution in [0.15, 0.2) is 94.1 Å². The van der Waals surface area contributed by atoms with Crippen molar-refractivity contribution in [2.75, 3.05) is 20.2 Å². The van der Waals surface area contributed by atoms with Crippen molar-refractivity contribution in [3.8, 4) is 17.0 Å². The molecule has 2 heterocycles. The van der Waals surface area contributed by atoms with Gasteiger partial charge in [-0.05, 0) is 60.4 Å². The Kier molecular flexibility index (Phi) is 7.36. The molecule has 0 radical (unpaired) electrons. The van der Waals surface area contributed by atoms with Crippen LogP contribution in [0, 0.1) is 0 Å². The van der Waals surface area contributed by atoms with Crippen molar-refractivity contribution in [3.05, 3.63) is 94.6 Å². The molecule has 0 N–H and O–H groups in total. The summed E-state index contributed by atoms with van der Waals surface area (Å²) in [5.74, 6) is 0.789. The maximum absolute atomic E-state index is 13.1. The lowest BCUT2D eigenvalue weighted by atomic mass is 10.1. The number of ether oxygens (including phenoxy) is 1. The minimum atomic E-state index is -3.46. The van der Waals surface area contributed by atoms with Crippen LogP contribution < -0.4 is 9.54 Å². The lowest BCUT2D eigenvalue weighted by Gasteiger charge is -2.25. The van der Waals surface area contributed by atoms with Gasteiger partial charge in [-0.3, -0.25) is 0 Å². The lowest BCUT2D eigenvalue weighted by molar-refractivity contribution is 0.346. The molecule has 36 heavy (non-hydrogen) atoms. The molecule has 3 aromatic carbocycles. The molecule has 1 aliphatic rings. The summed E-state index contributed by atoms with van der Waals surface area (Å²) >= 11 is 1.57. The topological polar surface area (TPSA) is 63.9 Å². The maximum Gasteiger partial charge on any atom is 0.243 e. The molecule has 1 aliphatic heterocycles. The number of aromatic nitrogens is 1. The summed E-state index contributed by atoms with van der Waals surface area (Å²) in [6.07, 6.45) is 2.94. The van der Waals surface area contributed by atoms with Gasteiger partial charge in [-0.15, -0.1) is 11.3 Å². The second-order valence-corrected chi connectivity index (χ2v) is 11.5. The van der Waals surface area contributed by atoms with E-state index in [0.29, 0.717) is 24.5 Å². The highest BCUT2D eigenvalue weighted by Crippen LogP contribution is 2.26. The summed E-state index contributed by atoms with van der Waals surface area (Å²) in [5.41, 5.74) is 3.96. The molecule has 0 bridgehead atoms. The number of hydrogen-bond acceptors (Lipinski definition) is 5. The first-order valence-corrected chi connectivity index (χ1v) is 14.4. The quantitative estimate of drug-likeness (QED) is 0.316. The van der Waals surface area contributed by atoms with Crippen LogP contribution in [0.5, 0.6) is 5.75 Å². The molecule has 1 aromatic heterocycles. The van der Waals surface area contributed by atoms with Gasteiger partial charge in [0.1, 0.15) is 5.75 Å². The van der Waals surface area contributed by atoms with Gasteiger partial charge in [-0.25, -0.2) is 13.4 Å². The van der Waals surface area contributed by atoms with E-state index in [-0.39, 0.29) is 0 Å². The predicted molar refractivity (Wildman–Crippen MR) is 144 cm³/mol. The van der Waals surface area contributed by atoms with Gasteiger partial charge < -0.3 is 9.30 Å². The Morgan fingerprint density at radius 3 is 2.25 bits per heavy atom. The SMILES string of the molecule is COc1ccc(N=c2scc(-c3ccc(S(=O)(=O)N4CCCCC4)cc3)n2Cc2ccccc2)cc1. The zero-order valence-corrected chi connectivity index (χ0v) is 21.8. The Balaban J connectivity index is 1.52. The first-order chi connectivity index (χ1) is 17.5. The Hall–Kier alpha value is -3.20. The molecule has 0 saturated carbocycles. The molecule has 0 atom stereocenters. The van der Waals surface area contributed by atoms with Crippen LogP contribution in [-0.4, -0.2) is 37.5 Å². The van der Waals surface area contributed by atoms with E-state index in [4.69, 9.17) is 9.73 Å². The summed E-state index contributed by atoms with van der Waals surface area (Å²) in [6.45, 7) is 1.85. The molecule has 0 spiro atoms. The molecule has 0 unspecified atom stereocenters. The first-order valence-electron chi connectivity index (χ1n) is 12.1. The van der Waals surface area contributed by atoms with Crippen molar-refractivity contribution in [2.45, 2.75) is 30.7 Å². The van der Waals surface area contributed by atoms with Crippen LogP contribution >= 0.6 is 11.3 Å². The molecular formula is C28H29N3O3S2. The average molecular weight is 520 g/mol. The third-order valence-corrected chi connectivity index (χ3v) is 9.16. The van der Waals surface area contributed by atoms with Crippen LogP contribution in [0.4, 0.5) is 5.69 Å². The average Bonchev–Trinajstić information content (AvgIpc) is 3.32. The number of piperidine rings is 1. The summed E-state index contributed by atoms with van der Waals surface area (Å²) in [7, 11) is -1.81. The molecular weight excluding hydrogens is 490 g/mol. The normalized spacial score (nSPS) is 15.2. The van der Waals surface area contributed by atoms with Gasteiger partial charge in [0.25, 0.3) is 0 Å².